The minimum Gasteiger partial charge on any atom is -0.459 e. The fourth-order valence-electron chi connectivity index (χ4n) is 4.59. The molecule has 1 aromatic rings. The standard InChI is InChI=1S/C24H36O2/c1-5-10-21(15-16-22-19(2)11-9-18-24(22,3)4)26-23(25)17-14-20-12-7-6-8-13-20/h6-8,12-14,17,19,21-22H,5,9-11,15-16,18H2,1-4H3/b17-14+/t19-,21?,22?/m0/s1. The van der Waals surface area contributed by atoms with E-state index in [1.54, 1.807) is 6.08 Å². The van der Waals surface area contributed by atoms with Gasteiger partial charge in [0.25, 0.3) is 0 Å². The lowest BCUT2D eigenvalue weighted by molar-refractivity contribution is -0.143. The van der Waals surface area contributed by atoms with Gasteiger partial charge >= 0.3 is 5.97 Å². The van der Waals surface area contributed by atoms with E-state index in [0.717, 1.165) is 43.1 Å². The third-order valence-electron chi connectivity index (χ3n) is 6.08. The molecule has 1 aliphatic rings. The maximum Gasteiger partial charge on any atom is 0.331 e. The topological polar surface area (TPSA) is 26.3 Å². The van der Waals surface area contributed by atoms with Crippen molar-refractivity contribution in [3.05, 3.63) is 42.0 Å². The summed E-state index contributed by atoms with van der Waals surface area (Å²) in [6.07, 6.45) is 11.6. The van der Waals surface area contributed by atoms with Crippen LogP contribution in [0.3, 0.4) is 0 Å². The highest BCUT2D eigenvalue weighted by Crippen LogP contribution is 2.46. The molecule has 0 aliphatic heterocycles. The van der Waals surface area contributed by atoms with Gasteiger partial charge in [-0.25, -0.2) is 4.79 Å². The van der Waals surface area contributed by atoms with E-state index in [4.69, 9.17) is 4.74 Å². The van der Waals surface area contributed by atoms with Crippen molar-refractivity contribution in [2.75, 3.05) is 0 Å². The van der Waals surface area contributed by atoms with Crippen LogP contribution in [0.25, 0.3) is 6.08 Å². The van der Waals surface area contributed by atoms with E-state index in [-0.39, 0.29) is 12.1 Å². The second-order valence-corrected chi connectivity index (χ2v) is 8.63. The maximum absolute atomic E-state index is 12.2. The predicted molar refractivity (Wildman–Crippen MR) is 110 cm³/mol. The first-order valence-electron chi connectivity index (χ1n) is 10.4. The Morgan fingerprint density at radius 3 is 2.65 bits per heavy atom. The highest BCUT2D eigenvalue weighted by molar-refractivity contribution is 5.87. The predicted octanol–water partition coefficient (Wildman–Crippen LogP) is 6.65. The van der Waals surface area contributed by atoms with Gasteiger partial charge in [0.2, 0.25) is 0 Å². The number of esters is 1. The molecule has 1 aliphatic carbocycles. The quantitative estimate of drug-likeness (QED) is 0.385. The van der Waals surface area contributed by atoms with Crippen molar-refractivity contribution in [3.8, 4) is 0 Å². The molecule has 144 valence electrons. The molecular weight excluding hydrogens is 320 g/mol. The van der Waals surface area contributed by atoms with Crippen molar-refractivity contribution in [2.45, 2.75) is 78.7 Å². The van der Waals surface area contributed by atoms with Gasteiger partial charge < -0.3 is 4.74 Å². The van der Waals surface area contributed by atoms with E-state index in [1.807, 2.05) is 36.4 Å². The van der Waals surface area contributed by atoms with Gasteiger partial charge in [-0.05, 0) is 54.6 Å². The van der Waals surface area contributed by atoms with Crippen LogP contribution in [0.2, 0.25) is 0 Å². The molecule has 2 nitrogen and oxygen atoms in total. The molecule has 1 fully saturated rings. The van der Waals surface area contributed by atoms with Crippen LogP contribution < -0.4 is 0 Å². The monoisotopic (exact) mass is 356 g/mol. The second-order valence-electron chi connectivity index (χ2n) is 8.63. The Bertz CT molecular complexity index is 573. The third-order valence-corrected chi connectivity index (χ3v) is 6.08. The number of hydrogen-bond acceptors (Lipinski definition) is 2. The van der Waals surface area contributed by atoms with Crippen LogP contribution in [0.5, 0.6) is 0 Å². The van der Waals surface area contributed by atoms with Gasteiger partial charge in [-0.15, -0.1) is 0 Å². The minimum absolute atomic E-state index is 0.0397. The Balaban J connectivity index is 1.89. The van der Waals surface area contributed by atoms with Crippen LogP contribution in [-0.4, -0.2) is 12.1 Å². The Kier molecular flexibility index (Phi) is 7.93. The fraction of sp³-hybridized carbons (Fsp3) is 0.625. The third kappa shape index (κ3) is 6.30. The molecule has 2 unspecified atom stereocenters. The maximum atomic E-state index is 12.2. The average molecular weight is 357 g/mol. The van der Waals surface area contributed by atoms with Gasteiger partial charge in [-0.1, -0.05) is 77.3 Å². The molecule has 0 N–H and O–H groups in total. The number of hydrogen-bond donors (Lipinski definition) is 0. The minimum atomic E-state index is -0.219. The van der Waals surface area contributed by atoms with Crippen LogP contribution in [0, 0.1) is 17.3 Å². The van der Waals surface area contributed by atoms with E-state index >= 15 is 0 Å². The molecule has 0 bridgehead atoms. The Morgan fingerprint density at radius 2 is 2.00 bits per heavy atom. The first-order chi connectivity index (χ1) is 12.4. The smallest absolute Gasteiger partial charge is 0.331 e. The van der Waals surface area contributed by atoms with E-state index < -0.39 is 0 Å². The second kappa shape index (κ2) is 9.94. The summed E-state index contributed by atoms with van der Waals surface area (Å²) in [4.78, 5) is 12.2. The van der Waals surface area contributed by atoms with E-state index in [2.05, 4.69) is 27.7 Å². The number of carbonyl (C=O) groups excluding carboxylic acids is 1. The molecule has 0 radical (unpaired) electrons. The lowest BCUT2D eigenvalue weighted by Crippen LogP contribution is -2.34. The van der Waals surface area contributed by atoms with Gasteiger partial charge in [-0.3, -0.25) is 0 Å². The largest absolute Gasteiger partial charge is 0.459 e. The van der Waals surface area contributed by atoms with Crippen molar-refractivity contribution >= 4 is 12.0 Å². The number of benzene rings is 1. The number of rotatable bonds is 8. The molecule has 3 atom stereocenters. The normalized spacial score (nSPS) is 23.7. The molecule has 0 saturated heterocycles. The van der Waals surface area contributed by atoms with Gasteiger partial charge in [0.05, 0.1) is 0 Å². The van der Waals surface area contributed by atoms with E-state index in [1.165, 1.54) is 19.3 Å². The molecule has 0 heterocycles. The summed E-state index contributed by atoms with van der Waals surface area (Å²) in [5, 5.41) is 0. The Hall–Kier alpha value is -1.57. The molecule has 26 heavy (non-hydrogen) atoms. The lowest BCUT2D eigenvalue weighted by atomic mass is 9.62. The van der Waals surface area contributed by atoms with Crippen molar-refractivity contribution < 1.29 is 9.53 Å². The summed E-state index contributed by atoms with van der Waals surface area (Å²) >= 11 is 0. The lowest BCUT2D eigenvalue weighted by Gasteiger charge is -2.43. The van der Waals surface area contributed by atoms with Crippen LogP contribution in [0.15, 0.2) is 36.4 Å². The fourth-order valence-corrected chi connectivity index (χ4v) is 4.59. The molecule has 0 spiro atoms. The molecular formula is C24H36O2. The molecule has 2 rings (SSSR count). The van der Waals surface area contributed by atoms with Crippen LogP contribution in [-0.2, 0) is 9.53 Å². The van der Waals surface area contributed by atoms with Crippen molar-refractivity contribution in [3.63, 3.8) is 0 Å². The number of ether oxygens (including phenoxy) is 1. The molecule has 1 aromatic carbocycles. The summed E-state index contributed by atoms with van der Waals surface area (Å²) in [5.41, 5.74) is 1.43. The zero-order valence-electron chi connectivity index (χ0n) is 17.0. The van der Waals surface area contributed by atoms with Gasteiger partial charge in [0.15, 0.2) is 0 Å². The van der Waals surface area contributed by atoms with Crippen molar-refractivity contribution in [1.29, 1.82) is 0 Å². The zero-order chi connectivity index (χ0) is 19.0. The summed E-state index contributed by atoms with van der Waals surface area (Å²) in [7, 11) is 0. The Morgan fingerprint density at radius 1 is 1.27 bits per heavy atom. The van der Waals surface area contributed by atoms with Crippen molar-refractivity contribution in [2.24, 2.45) is 17.3 Å². The highest BCUT2D eigenvalue weighted by atomic mass is 16.5. The number of carbonyl (C=O) groups is 1. The van der Waals surface area contributed by atoms with E-state index in [0.29, 0.717) is 5.41 Å². The van der Waals surface area contributed by atoms with Gasteiger partial charge in [0, 0.05) is 6.08 Å². The first-order valence-corrected chi connectivity index (χ1v) is 10.4. The zero-order valence-corrected chi connectivity index (χ0v) is 17.0. The molecule has 2 heteroatoms. The van der Waals surface area contributed by atoms with Gasteiger partial charge in [0.1, 0.15) is 6.10 Å². The highest BCUT2D eigenvalue weighted by Gasteiger charge is 2.36. The van der Waals surface area contributed by atoms with Crippen LogP contribution >= 0.6 is 0 Å². The summed E-state index contributed by atoms with van der Waals surface area (Å²) in [5.74, 6) is 1.28. The first kappa shape index (κ1) is 20.7. The Labute approximate surface area is 160 Å². The summed E-state index contributed by atoms with van der Waals surface area (Å²) < 4.78 is 5.78. The summed E-state index contributed by atoms with van der Waals surface area (Å²) in [6.45, 7) is 9.39. The van der Waals surface area contributed by atoms with Crippen LogP contribution in [0.4, 0.5) is 0 Å². The van der Waals surface area contributed by atoms with Crippen molar-refractivity contribution in [1.82, 2.24) is 0 Å². The molecule has 0 amide bonds. The SMILES string of the molecule is CCCC(CCC1[C@@H](C)CCCC1(C)C)OC(=O)/C=C/c1ccccc1. The molecule has 0 aromatic heterocycles. The van der Waals surface area contributed by atoms with E-state index in [9.17, 15) is 4.79 Å². The van der Waals surface area contributed by atoms with Crippen LogP contribution in [0.1, 0.15) is 78.2 Å². The van der Waals surface area contributed by atoms with Gasteiger partial charge in [-0.2, -0.15) is 0 Å². The molecule has 1 saturated carbocycles. The average Bonchev–Trinajstić information content (AvgIpc) is 2.60. The summed E-state index contributed by atoms with van der Waals surface area (Å²) in [6, 6.07) is 9.89.